The molecule has 0 aromatic carbocycles. The highest BCUT2D eigenvalue weighted by Gasteiger charge is 2.22. The second kappa shape index (κ2) is 5.10. The lowest BCUT2D eigenvalue weighted by atomic mass is 9.96. The third-order valence-corrected chi connectivity index (χ3v) is 3.33. The highest BCUT2D eigenvalue weighted by molar-refractivity contribution is 4.72. The van der Waals surface area contributed by atoms with E-state index in [4.69, 9.17) is 4.74 Å². The number of nitrogens with zero attached hydrogens (tertiary/aromatic N) is 1. The molecule has 1 atom stereocenters. The molecule has 2 rings (SSSR count). The maximum absolute atomic E-state index is 5.62. The molecule has 0 radical (unpaired) electrons. The second-order valence-corrected chi connectivity index (χ2v) is 4.54. The first kappa shape index (κ1) is 10.4. The van der Waals surface area contributed by atoms with Crippen LogP contribution in [0.15, 0.2) is 0 Å². The van der Waals surface area contributed by atoms with Crippen molar-refractivity contribution in [1.82, 2.24) is 10.4 Å². The third kappa shape index (κ3) is 2.69. The van der Waals surface area contributed by atoms with E-state index in [1.165, 1.54) is 44.9 Å². The molecule has 14 heavy (non-hydrogen) atoms. The number of nitrogens with one attached hydrogen (secondary N) is 1. The Bertz CT molecular complexity index is 163. The predicted molar refractivity (Wildman–Crippen MR) is 56.7 cm³/mol. The van der Waals surface area contributed by atoms with E-state index in [2.05, 4.69) is 17.5 Å². The molecule has 3 heteroatoms. The van der Waals surface area contributed by atoms with Crippen molar-refractivity contribution in [2.24, 2.45) is 0 Å². The Morgan fingerprint density at radius 1 is 1.07 bits per heavy atom. The molecule has 3 nitrogen and oxygen atoms in total. The second-order valence-electron chi connectivity index (χ2n) is 4.54. The Morgan fingerprint density at radius 3 is 2.50 bits per heavy atom. The standard InChI is InChI=1S/C11H22N2O/c1-13(11-8-5-9-14-11)12-10-6-3-2-4-7-10/h10-12H,2-9H2,1H3. The van der Waals surface area contributed by atoms with E-state index in [1.807, 2.05) is 0 Å². The highest BCUT2D eigenvalue weighted by atomic mass is 16.5. The summed E-state index contributed by atoms with van der Waals surface area (Å²) in [4.78, 5) is 0. The predicted octanol–water partition coefficient (Wildman–Crippen LogP) is 1.89. The van der Waals surface area contributed by atoms with E-state index in [9.17, 15) is 0 Å². The molecular weight excluding hydrogens is 176 g/mol. The van der Waals surface area contributed by atoms with Gasteiger partial charge in [0.25, 0.3) is 0 Å². The van der Waals surface area contributed by atoms with Crippen LogP contribution in [0.25, 0.3) is 0 Å². The monoisotopic (exact) mass is 198 g/mol. The van der Waals surface area contributed by atoms with Crippen LogP contribution in [-0.4, -0.2) is 30.9 Å². The molecule has 0 aromatic heterocycles. The van der Waals surface area contributed by atoms with Gasteiger partial charge in [0.1, 0.15) is 6.23 Å². The summed E-state index contributed by atoms with van der Waals surface area (Å²) in [5.74, 6) is 0. The first-order chi connectivity index (χ1) is 6.86. The zero-order chi connectivity index (χ0) is 9.80. The third-order valence-electron chi connectivity index (χ3n) is 3.33. The summed E-state index contributed by atoms with van der Waals surface area (Å²) < 4.78 is 5.62. The van der Waals surface area contributed by atoms with Crippen LogP contribution in [0.2, 0.25) is 0 Å². The summed E-state index contributed by atoms with van der Waals surface area (Å²) in [5, 5.41) is 2.18. The van der Waals surface area contributed by atoms with Gasteiger partial charge in [0, 0.05) is 19.7 Å². The number of hydrazine groups is 1. The minimum Gasteiger partial charge on any atom is -0.362 e. The van der Waals surface area contributed by atoms with Gasteiger partial charge in [0.2, 0.25) is 0 Å². The number of hydrogen-bond donors (Lipinski definition) is 1. The topological polar surface area (TPSA) is 24.5 Å². The first-order valence-electron chi connectivity index (χ1n) is 5.97. The van der Waals surface area contributed by atoms with Crippen LogP contribution in [0.3, 0.4) is 0 Å². The highest BCUT2D eigenvalue weighted by Crippen LogP contribution is 2.19. The van der Waals surface area contributed by atoms with Crippen molar-refractivity contribution in [1.29, 1.82) is 0 Å². The van der Waals surface area contributed by atoms with Gasteiger partial charge >= 0.3 is 0 Å². The van der Waals surface area contributed by atoms with Gasteiger partial charge in [-0.05, 0) is 25.7 Å². The summed E-state index contributed by atoms with van der Waals surface area (Å²) in [5.41, 5.74) is 3.57. The molecule has 1 N–H and O–H groups in total. The molecule has 1 unspecified atom stereocenters. The zero-order valence-electron chi connectivity index (χ0n) is 9.17. The lowest BCUT2D eigenvalue weighted by Gasteiger charge is -2.31. The van der Waals surface area contributed by atoms with Crippen molar-refractivity contribution >= 4 is 0 Å². The summed E-state index contributed by atoms with van der Waals surface area (Å²) >= 11 is 0. The molecule has 0 aromatic rings. The zero-order valence-corrected chi connectivity index (χ0v) is 9.17. The van der Waals surface area contributed by atoms with Crippen molar-refractivity contribution in [3.63, 3.8) is 0 Å². The first-order valence-corrected chi connectivity index (χ1v) is 5.97. The van der Waals surface area contributed by atoms with E-state index in [1.54, 1.807) is 0 Å². The smallest absolute Gasteiger partial charge is 0.122 e. The number of hydrogen-bond acceptors (Lipinski definition) is 3. The van der Waals surface area contributed by atoms with Gasteiger partial charge in [-0.2, -0.15) is 0 Å². The maximum atomic E-state index is 5.62. The van der Waals surface area contributed by atoms with Crippen LogP contribution >= 0.6 is 0 Å². The van der Waals surface area contributed by atoms with Gasteiger partial charge in [0.05, 0.1) is 0 Å². The Kier molecular flexibility index (Phi) is 3.79. The molecule has 0 amide bonds. The Labute approximate surface area is 86.8 Å². The van der Waals surface area contributed by atoms with E-state index in [-0.39, 0.29) is 0 Å². The number of ether oxygens (including phenoxy) is 1. The van der Waals surface area contributed by atoms with Crippen molar-refractivity contribution in [3.05, 3.63) is 0 Å². The molecule has 1 saturated heterocycles. The van der Waals surface area contributed by atoms with Crippen LogP contribution in [0.5, 0.6) is 0 Å². The summed E-state index contributed by atoms with van der Waals surface area (Å²) in [6.45, 7) is 0.932. The van der Waals surface area contributed by atoms with Gasteiger partial charge in [-0.1, -0.05) is 19.3 Å². The van der Waals surface area contributed by atoms with E-state index < -0.39 is 0 Å². The van der Waals surface area contributed by atoms with Crippen molar-refractivity contribution in [2.45, 2.75) is 57.2 Å². The van der Waals surface area contributed by atoms with Gasteiger partial charge < -0.3 is 4.74 Å². The molecule has 1 saturated carbocycles. The Hall–Kier alpha value is -0.120. The van der Waals surface area contributed by atoms with Crippen LogP contribution < -0.4 is 5.43 Å². The lowest BCUT2D eigenvalue weighted by Crippen LogP contribution is -2.48. The lowest BCUT2D eigenvalue weighted by molar-refractivity contribution is -0.0439. The van der Waals surface area contributed by atoms with Crippen molar-refractivity contribution < 1.29 is 4.74 Å². The SMILES string of the molecule is CN(NC1CCCCC1)C1CCCO1. The molecule has 2 aliphatic rings. The minimum absolute atomic E-state index is 0.317. The van der Waals surface area contributed by atoms with Gasteiger partial charge in [-0.15, -0.1) is 0 Å². The van der Waals surface area contributed by atoms with E-state index in [0.29, 0.717) is 12.3 Å². The van der Waals surface area contributed by atoms with Crippen LogP contribution in [-0.2, 0) is 4.74 Å². The molecular formula is C11H22N2O. The average Bonchev–Trinajstić information content (AvgIpc) is 2.72. The molecule has 1 heterocycles. The van der Waals surface area contributed by atoms with Gasteiger partial charge in [-0.3, -0.25) is 5.43 Å². The van der Waals surface area contributed by atoms with E-state index in [0.717, 1.165) is 6.61 Å². The quantitative estimate of drug-likeness (QED) is 0.701. The van der Waals surface area contributed by atoms with Crippen molar-refractivity contribution in [2.75, 3.05) is 13.7 Å². The molecule has 2 fully saturated rings. The summed E-state index contributed by atoms with van der Waals surface area (Å²) in [6, 6.07) is 0.693. The van der Waals surface area contributed by atoms with E-state index >= 15 is 0 Å². The van der Waals surface area contributed by atoms with Crippen LogP contribution in [0.4, 0.5) is 0 Å². The fourth-order valence-electron chi connectivity index (χ4n) is 2.47. The van der Waals surface area contributed by atoms with Crippen molar-refractivity contribution in [3.8, 4) is 0 Å². The fraction of sp³-hybridized carbons (Fsp3) is 1.00. The molecule has 0 bridgehead atoms. The number of rotatable bonds is 3. The molecule has 0 spiro atoms. The summed E-state index contributed by atoms with van der Waals surface area (Å²) in [6.07, 6.45) is 9.55. The molecule has 1 aliphatic heterocycles. The Morgan fingerprint density at radius 2 is 1.86 bits per heavy atom. The maximum Gasteiger partial charge on any atom is 0.122 e. The molecule has 1 aliphatic carbocycles. The minimum atomic E-state index is 0.317. The normalized spacial score (nSPS) is 30.0. The summed E-state index contributed by atoms with van der Waals surface area (Å²) in [7, 11) is 2.12. The fourth-order valence-corrected chi connectivity index (χ4v) is 2.47. The largest absolute Gasteiger partial charge is 0.362 e. The van der Waals surface area contributed by atoms with Crippen LogP contribution in [0.1, 0.15) is 44.9 Å². The van der Waals surface area contributed by atoms with Crippen LogP contribution in [0, 0.1) is 0 Å². The molecule has 82 valence electrons. The van der Waals surface area contributed by atoms with Gasteiger partial charge in [0.15, 0.2) is 0 Å². The van der Waals surface area contributed by atoms with Gasteiger partial charge in [-0.25, -0.2) is 5.01 Å². The Balaban J connectivity index is 1.72. The average molecular weight is 198 g/mol.